The smallest absolute Gasteiger partial charge is 0.243 e. The summed E-state index contributed by atoms with van der Waals surface area (Å²) in [5, 5.41) is 3.12. The van der Waals surface area contributed by atoms with Crippen molar-refractivity contribution in [3.63, 3.8) is 0 Å². The molecule has 0 aromatic heterocycles. The molecule has 1 rings (SSSR count). The molecule has 1 heterocycles. The van der Waals surface area contributed by atoms with Crippen LogP contribution in [0.5, 0.6) is 0 Å². The molecular weight excluding hydrogens is 368 g/mol. The van der Waals surface area contributed by atoms with Crippen molar-refractivity contribution in [2.24, 2.45) is 17.8 Å². The minimum absolute atomic E-state index is 0.0926. The lowest BCUT2D eigenvalue weighted by molar-refractivity contribution is -0.116. The van der Waals surface area contributed by atoms with E-state index in [0.717, 1.165) is 37.3 Å². The van der Waals surface area contributed by atoms with Crippen LogP contribution in [0.1, 0.15) is 112 Å². The van der Waals surface area contributed by atoms with Crippen molar-refractivity contribution in [3.8, 4) is 0 Å². The van der Waals surface area contributed by atoms with Crippen LogP contribution in [0.3, 0.4) is 0 Å². The molecule has 1 amide bonds. The number of carbonyl (C=O) groups is 1. The van der Waals surface area contributed by atoms with Gasteiger partial charge in [0.15, 0.2) is 0 Å². The van der Waals surface area contributed by atoms with Crippen LogP contribution in [0.4, 0.5) is 0 Å². The standard InChI is InChI=1S/C27H52N2O/c1-7-29-19-11-18-26(29)21-28-27(30)20-25(6)17-10-16-24(5)15-9-14-23(4)13-8-12-22(2)3/h20,22-24,26H,7-19,21H2,1-6H3,(H,28,30). The van der Waals surface area contributed by atoms with E-state index in [9.17, 15) is 4.79 Å². The number of hydrogen-bond acceptors (Lipinski definition) is 2. The molecule has 0 spiro atoms. The van der Waals surface area contributed by atoms with E-state index in [4.69, 9.17) is 0 Å². The van der Waals surface area contributed by atoms with E-state index in [1.165, 1.54) is 76.3 Å². The molecule has 0 aromatic carbocycles. The highest BCUT2D eigenvalue weighted by Crippen LogP contribution is 2.22. The SMILES string of the molecule is CCN1CCCC1CNC(=O)C=C(C)CCCC(C)CCCC(C)CCCC(C)C. The molecule has 3 heteroatoms. The maximum atomic E-state index is 12.2. The third-order valence-electron chi connectivity index (χ3n) is 6.93. The summed E-state index contributed by atoms with van der Waals surface area (Å²) < 4.78 is 0. The third kappa shape index (κ3) is 12.8. The lowest BCUT2D eigenvalue weighted by Crippen LogP contribution is -2.39. The second-order valence-electron chi connectivity index (χ2n) is 10.5. The van der Waals surface area contributed by atoms with Crippen LogP contribution in [-0.4, -0.2) is 36.5 Å². The number of allylic oxidation sites excluding steroid dienone is 1. The van der Waals surface area contributed by atoms with Gasteiger partial charge in [-0.2, -0.15) is 0 Å². The molecule has 3 unspecified atom stereocenters. The highest BCUT2D eigenvalue weighted by atomic mass is 16.1. The molecule has 0 saturated carbocycles. The molecule has 0 bridgehead atoms. The Morgan fingerprint density at radius 2 is 1.60 bits per heavy atom. The molecule has 0 aromatic rings. The minimum Gasteiger partial charge on any atom is -0.351 e. The highest BCUT2D eigenvalue weighted by Gasteiger charge is 2.22. The maximum absolute atomic E-state index is 12.2. The highest BCUT2D eigenvalue weighted by molar-refractivity contribution is 5.88. The average molecular weight is 421 g/mol. The van der Waals surface area contributed by atoms with Crippen molar-refractivity contribution in [2.75, 3.05) is 19.6 Å². The fraction of sp³-hybridized carbons (Fsp3) is 0.889. The van der Waals surface area contributed by atoms with Gasteiger partial charge in [0.25, 0.3) is 0 Å². The van der Waals surface area contributed by atoms with Gasteiger partial charge in [0.1, 0.15) is 0 Å². The van der Waals surface area contributed by atoms with Crippen molar-refractivity contribution >= 4 is 5.91 Å². The van der Waals surface area contributed by atoms with E-state index in [0.29, 0.717) is 6.04 Å². The molecule has 3 atom stereocenters. The van der Waals surface area contributed by atoms with Gasteiger partial charge in [0.2, 0.25) is 5.91 Å². The van der Waals surface area contributed by atoms with Crippen LogP contribution in [-0.2, 0) is 4.79 Å². The number of hydrogen-bond donors (Lipinski definition) is 1. The summed E-state index contributed by atoms with van der Waals surface area (Å²) in [6.45, 7) is 16.9. The summed E-state index contributed by atoms with van der Waals surface area (Å²) in [4.78, 5) is 14.7. The summed E-state index contributed by atoms with van der Waals surface area (Å²) in [5.41, 5.74) is 1.22. The van der Waals surface area contributed by atoms with Gasteiger partial charge in [0.05, 0.1) is 0 Å². The van der Waals surface area contributed by atoms with Crippen LogP contribution in [0.25, 0.3) is 0 Å². The Morgan fingerprint density at radius 3 is 2.20 bits per heavy atom. The fourth-order valence-corrected chi connectivity index (χ4v) is 4.82. The first-order valence-electron chi connectivity index (χ1n) is 13.0. The van der Waals surface area contributed by atoms with Crippen molar-refractivity contribution in [1.29, 1.82) is 0 Å². The number of carbonyl (C=O) groups excluding carboxylic acids is 1. The molecule has 1 aliphatic rings. The summed E-state index contributed by atoms with van der Waals surface area (Å²) in [6, 6.07) is 0.534. The second kappa shape index (κ2) is 15.9. The molecule has 0 radical (unpaired) electrons. The molecule has 1 saturated heterocycles. The maximum Gasteiger partial charge on any atom is 0.243 e. The van der Waals surface area contributed by atoms with Crippen LogP contribution >= 0.6 is 0 Å². The molecule has 176 valence electrons. The van der Waals surface area contributed by atoms with Gasteiger partial charge in [-0.15, -0.1) is 0 Å². The Balaban J connectivity index is 2.10. The van der Waals surface area contributed by atoms with Crippen LogP contribution in [0.2, 0.25) is 0 Å². The van der Waals surface area contributed by atoms with Crippen molar-refractivity contribution in [1.82, 2.24) is 10.2 Å². The second-order valence-corrected chi connectivity index (χ2v) is 10.5. The van der Waals surface area contributed by atoms with Gasteiger partial charge in [0, 0.05) is 18.7 Å². The topological polar surface area (TPSA) is 32.3 Å². The van der Waals surface area contributed by atoms with Gasteiger partial charge >= 0.3 is 0 Å². The fourth-order valence-electron chi connectivity index (χ4n) is 4.82. The first-order chi connectivity index (χ1) is 14.3. The third-order valence-corrected chi connectivity index (χ3v) is 6.93. The molecule has 1 N–H and O–H groups in total. The monoisotopic (exact) mass is 420 g/mol. The Hall–Kier alpha value is -0.830. The lowest BCUT2D eigenvalue weighted by atomic mass is 9.91. The van der Waals surface area contributed by atoms with Gasteiger partial charge in [-0.3, -0.25) is 9.69 Å². The number of amides is 1. The van der Waals surface area contributed by atoms with Gasteiger partial charge < -0.3 is 5.32 Å². The van der Waals surface area contributed by atoms with Gasteiger partial charge in [-0.1, -0.05) is 85.1 Å². The van der Waals surface area contributed by atoms with E-state index in [-0.39, 0.29) is 5.91 Å². The van der Waals surface area contributed by atoms with E-state index >= 15 is 0 Å². The lowest BCUT2D eigenvalue weighted by Gasteiger charge is -2.22. The van der Waals surface area contributed by atoms with Crippen molar-refractivity contribution < 1.29 is 4.79 Å². The summed E-state index contributed by atoms with van der Waals surface area (Å²) in [7, 11) is 0. The van der Waals surface area contributed by atoms with Crippen molar-refractivity contribution in [2.45, 2.75) is 118 Å². The number of rotatable bonds is 16. The summed E-state index contributed by atoms with van der Waals surface area (Å²) >= 11 is 0. The van der Waals surface area contributed by atoms with Crippen LogP contribution < -0.4 is 5.32 Å². The molecule has 1 aliphatic heterocycles. The summed E-state index contributed by atoms with van der Waals surface area (Å²) in [6.07, 6.45) is 16.1. The number of likely N-dealkylation sites (N-methyl/N-ethyl adjacent to an activating group) is 1. The zero-order valence-corrected chi connectivity index (χ0v) is 21.1. The van der Waals surface area contributed by atoms with Crippen LogP contribution in [0.15, 0.2) is 11.6 Å². The Kier molecular flexibility index (Phi) is 14.4. The zero-order chi connectivity index (χ0) is 22.4. The number of nitrogens with zero attached hydrogens (tertiary/aromatic N) is 1. The van der Waals surface area contributed by atoms with Gasteiger partial charge in [-0.25, -0.2) is 0 Å². The van der Waals surface area contributed by atoms with E-state index in [2.05, 4.69) is 51.8 Å². The molecule has 30 heavy (non-hydrogen) atoms. The number of likely N-dealkylation sites (tertiary alicyclic amines) is 1. The number of nitrogens with one attached hydrogen (secondary N) is 1. The van der Waals surface area contributed by atoms with Crippen molar-refractivity contribution in [3.05, 3.63) is 11.6 Å². The van der Waals surface area contributed by atoms with E-state index in [1.807, 2.05) is 6.08 Å². The van der Waals surface area contributed by atoms with Crippen LogP contribution in [0, 0.1) is 17.8 Å². The Bertz CT molecular complexity index is 485. The average Bonchev–Trinajstić information content (AvgIpc) is 3.13. The minimum atomic E-state index is 0.0926. The molecular formula is C27H52N2O. The summed E-state index contributed by atoms with van der Waals surface area (Å²) in [5.74, 6) is 2.62. The van der Waals surface area contributed by atoms with E-state index in [1.54, 1.807) is 0 Å². The first-order valence-corrected chi connectivity index (χ1v) is 13.0. The Morgan fingerprint density at radius 1 is 1.00 bits per heavy atom. The molecule has 0 aliphatic carbocycles. The predicted molar refractivity (Wildman–Crippen MR) is 132 cm³/mol. The molecule has 3 nitrogen and oxygen atoms in total. The first kappa shape index (κ1) is 27.2. The largest absolute Gasteiger partial charge is 0.351 e. The normalized spacial score (nSPS) is 20.0. The van der Waals surface area contributed by atoms with E-state index < -0.39 is 0 Å². The van der Waals surface area contributed by atoms with Gasteiger partial charge in [-0.05, 0) is 63.5 Å². The molecule has 1 fully saturated rings. The predicted octanol–water partition coefficient (Wildman–Crippen LogP) is 6.97. The quantitative estimate of drug-likeness (QED) is 0.273. The Labute approximate surface area is 188 Å². The zero-order valence-electron chi connectivity index (χ0n) is 21.1.